The number of nitrogens with two attached hydrogens (primary N) is 1. The molecule has 0 rings (SSSR count). The van der Waals surface area contributed by atoms with Crippen LogP contribution in [0.2, 0.25) is 0 Å². The van der Waals surface area contributed by atoms with Gasteiger partial charge in [-0.15, -0.1) is 0 Å². The first kappa shape index (κ1) is 23.0. The number of aliphatic carboxylic acids is 1. The summed E-state index contributed by atoms with van der Waals surface area (Å²) >= 11 is 0. The second-order valence-electron chi connectivity index (χ2n) is 0.598. The van der Waals surface area contributed by atoms with E-state index in [4.69, 9.17) is 5.11 Å². The van der Waals surface area contributed by atoms with Gasteiger partial charge in [-0.3, -0.25) is 4.79 Å². The van der Waals surface area contributed by atoms with Crippen molar-refractivity contribution in [2.24, 2.45) is 5.73 Å². The summed E-state index contributed by atoms with van der Waals surface area (Å²) < 4.78 is 0. The number of carboxylic acid groups (broad SMARTS) is 1. The molecule has 8 heavy (non-hydrogen) atoms. The molecular formula is C2H5Cr3NO2+9. The molecule has 0 aliphatic carbocycles. The van der Waals surface area contributed by atoms with E-state index in [-0.39, 0.29) is 58.6 Å². The Hall–Kier alpha value is 1.03. The van der Waals surface area contributed by atoms with E-state index in [1.807, 2.05) is 0 Å². The standard InChI is InChI=1S/C2H5NO2.3Cr/c3-1-2(4)5;;;/h1,3H2,(H,4,5);;;/q;3*+3. The topological polar surface area (TPSA) is 63.3 Å². The zero-order chi connectivity index (χ0) is 4.28. The summed E-state index contributed by atoms with van der Waals surface area (Å²) in [6.07, 6.45) is 0. The van der Waals surface area contributed by atoms with Crippen molar-refractivity contribution in [3.05, 3.63) is 0 Å². The average Bonchev–Trinajstić information content (AvgIpc) is 1.38. The quantitative estimate of drug-likeness (QED) is 0.609. The maximum absolute atomic E-state index is 9.24. The Morgan fingerprint density at radius 1 is 1.38 bits per heavy atom. The molecule has 0 amide bonds. The molecule has 0 fully saturated rings. The third kappa shape index (κ3) is 27.9. The van der Waals surface area contributed by atoms with Crippen molar-refractivity contribution in [3.63, 3.8) is 0 Å². The van der Waals surface area contributed by atoms with Crippen molar-refractivity contribution >= 4 is 5.97 Å². The first-order chi connectivity index (χ1) is 2.27. The van der Waals surface area contributed by atoms with Crippen LogP contribution in [0.5, 0.6) is 0 Å². The molecule has 0 atom stereocenters. The SMILES string of the molecule is NCC(=O)O.[Cr+3].[Cr+3].[Cr+3]. The van der Waals surface area contributed by atoms with Crippen molar-refractivity contribution in [3.8, 4) is 0 Å². The van der Waals surface area contributed by atoms with Crippen LogP contribution in [0.25, 0.3) is 0 Å². The molecule has 3 nitrogen and oxygen atoms in total. The van der Waals surface area contributed by atoms with Gasteiger partial charge in [0.2, 0.25) is 0 Å². The first-order valence-corrected chi connectivity index (χ1v) is 1.19. The zero-order valence-corrected chi connectivity index (χ0v) is 7.69. The van der Waals surface area contributed by atoms with E-state index < -0.39 is 5.97 Å². The maximum Gasteiger partial charge on any atom is 3.00 e. The van der Waals surface area contributed by atoms with Crippen molar-refractivity contribution < 1.29 is 62.0 Å². The van der Waals surface area contributed by atoms with Crippen LogP contribution in [0, 0.1) is 0 Å². The summed E-state index contributed by atoms with van der Waals surface area (Å²) in [5, 5.41) is 7.60. The first-order valence-electron chi connectivity index (χ1n) is 1.19. The summed E-state index contributed by atoms with van der Waals surface area (Å²) in [5.74, 6) is -0.968. The minimum absolute atomic E-state index is 0. The van der Waals surface area contributed by atoms with Gasteiger partial charge in [0.25, 0.3) is 0 Å². The van der Waals surface area contributed by atoms with Crippen LogP contribution in [0.4, 0.5) is 0 Å². The van der Waals surface area contributed by atoms with Gasteiger partial charge >= 0.3 is 58.1 Å². The summed E-state index contributed by atoms with van der Waals surface area (Å²) in [5.41, 5.74) is 4.57. The van der Waals surface area contributed by atoms with Crippen LogP contribution in [0.3, 0.4) is 0 Å². The van der Waals surface area contributed by atoms with Gasteiger partial charge in [0, 0.05) is 0 Å². The second-order valence-corrected chi connectivity index (χ2v) is 0.598. The van der Waals surface area contributed by atoms with Gasteiger partial charge < -0.3 is 10.8 Å². The number of rotatable bonds is 1. The summed E-state index contributed by atoms with van der Waals surface area (Å²) in [6.45, 7) is -0.278. The van der Waals surface area contributed by atoms with Crippen LogP contribution < -0.4 is 5.73 Å². The predicted molar refractivity (Wildman–Crippen MR) is 16.7 cm³/mol. The maximum atomic E-state index is 9.24. The molecule has 0 aliphatic rings. The van der Waals surface area contributed by atoms with Gasteiger partial charge in [0.15, 0.2) is 0 Å². The van der Waals surface area contributed by atoms with Crippen molar-refractivity contribution in [2.45, 2.75) is 0 Å². The van der Waals surface area contributed by atoms with E-state index in [0.29, 0.717) is 0 Å². The number of hydrogen-bond acceptors (Lipinski definition) is 2. The minimum Gasteiger partial charge on any atom is -0.480 e. The van der Waals surface area contributed by atoms with Gasteiger partial charge in [0.1, 0.15) is 0 Å². The van der Waals surface area contributed by atoms with Crippen molar-refractivity contribution in [1.82, 2.24) is 0 Å². The summed E-state index contributed by atoms with van der Waals surface area (Å²) in [4.78, 5) is 9.24. The van der Waals surface area contributed by atoms with Crippen LogP contribution in [-0.2, 0) is 56.9 Å². The fraction of sp³-hybridized carbons (Fsp3) is 0.500. The van der Waals surface area contributed by atoms with Crippen LogP contribution in [-0.4, -0.2) is 17.6 Å². The molecule has 0 saturated heterocycles. The Kier molecular flexibility index (Phi) is 45.1. The molecule has 0 heterocycles. The largest absolute Gasteiger partial charge is 3.00 e. The van der Waals surface area contributed by atoms with E-state index in [0.717, 1.165) is 0 Å². The Balaban J connectivity index is -0.0000000267. The summed E-state index contributed by atoms with van der Waals surface area (Å²) in [7, 11) is 0. The molecule has 0 spiro atoms. The van der Waals surface area contributed by atoms with Crippen LogP contribution in [0.1, 0.15) is 0 Å². The second kappa shape index (κ2) is 15.7. The Bertz CT molecular complexity index is 50.5. The molecule has 6 heteroatoms. The Labute approximate surface area is 80.0 Å². The molecule has 3 N–H and O–H groups in total. The van der Waals surface area contributed by atoms with Crippen LogP contribution in [0.15, 0.2) is 0 Å². The molecule has 3 radical (unpaired) electrons. The Morgan fingerprint density at radius 2 is 1.50 bits per heavy atom. The van der Waals surface area contributed by atoms with Gasteiger partial charge in [-0.25, -0.2) is 0 Å². The normalized spacial score (nSPS) is 4.62. The van der Waals surface area contributed by atoms with E-state index in [2.05, 4.69) is 5.73 Å². The average molecular weight is 231 g/mol. The summed E-state index contributed by atoms with van der Waals surface area (Å²) in [6, 6.07) is 0. The molecular weight excluding hydrogens is 226 g/mol. The third-order valence-electron chi connectivity index (χ3n) is 0.175. The van der Waals surface area contributed by atoms with Gasteiger partial charge in [0.05, 0.1) is 6.54 Å². The molecule has 0 aliphatic heterocycles. The molecule has 0 aromatic carbocycles. The molecule has 39 valence electrons. The fourth-order valence-corrected chi connectivity index (χ4v) is 0. The van der Waals surface area contributed by atoms with Gasteiger partial charge in [-0.2, -0.15) is 0 Å². The molecule has 0 aromatic heterocycles. The molecule has 0 bridgehead atoms. The number of hydrogen-bond donors (Lipinski definition) is 2. The van der Waals surface area contributed by atoms with Gasteiger partial charge in [-0.05, 0) is 0 Å². The van der Waals surface area contributed by atoms with Crippen molar-refractivity contribution in [2.75, 3.05) is 6.54 Å². The third-order valence-corrected chi connectivity index (χ3v) is 0.175. The van der Waals surface area contributed by atoms with E-state index in [1.54, 1.807) is 0 Å². The zero-order valence-electron chi connectivity index (χ0n) is 3.86. The predicted octanol–water partition coefficient (Wildman–Crippen LogP) is -0.978. The van der Waals surface area contributed by atoms with E-state index in [1.165, 1.54) is 0 Å². The van der Waals surface area contributed by atoms with Crippen LogP contribution >= 0.6 is 0 Å². The molecule has 0 saturated carbocycles. The van der Waals surface area contributed by atoms with E-state index >= 15 is 0 Å². The fourth-order valence-electron chi connectivity index (χ4n) is 0. The smallest absolute Gasteiger partial charge is 0.480 e. The number of carboxylic acids is 1. The van der Waals surface area contributed by atoms with Crippen molar-refractivity contribution in [1.29, 1.82) is 0 Å². The van der Waals surface area contributed by atoms with Gasteiger partial charge in [-0.1, -0.05) is 0 Å². The Morgan fingerprint density at radius 3 is 1.50 bits per heavy atom. The molecule has 0 unspecified atom stereocenters. The van der Waals surface area contributed by atoms with E-state index in [9.17, 15) is 4.79 Å². The molecule has 0 aromatic rings. The minimum atomic E-state index is -0.968. The number of carbonyl (C=O) groups is 1. The monoisotopic (exact) mass is 231 g/mol.